The molecule has 0 bridgehead atoms. The van der Waals surface area contributed by atoms with Crippen molar-refractivity contribution in [1.82, 2.24) is 14.8 Å². The van der Waals surface area contributed by atoms with Crippen LogP contribution in [-0.4, -0.2) is 14.8 Å². The van der Waals surface area contributed by atoms with Crippen molar-refractivity contribution in [2.75, 3.05) is 4.90 Å². The molecule has 64 heavy (non-hydrogen) atoms. The lowest BCUT2D eigenvalue weighted by Crippen LogP contribution is -2.09. The number of benzene rings is 10. The fourth-order valence-corrected chi connectivity index (χ4v) is 8.79. The SMILES string of the molecule is c1ccc(-c2nnc(-c3ccc(-c4ccccc4-c4ccccc4-c4ccc(N(c5ccccc5)c5ccccc5)cc4)cc3)n2-c2ccc(-c3ccc4ccccc4c3)cc2)cc1. The van der Waals surface area contributed by atoms with Crippen LogP contribution in [0.3, 0.4) is 0 Å². The number of fused-ring (bicyclic) bond motifs is 1. The molecule has 1 aromatic heterocycles. The van der Waals surface area contributed by atoms with Crippen LogP contribution in [0.1, 0.15) is 0 Å². The van der Waals surface area contributed by atoms with Gasteiger partial charge >= 0.3 is 0 Å². The third-order valence-corrected chi connectivity index (χ3v) is 12.0. The summed E-state index contributed by atoms with van der Waals surface area (Å²) in [4.78, 5) is 2.29. The summed E-state index contributed by atoms with van der Waals surface area (Å²) in [7, 11) is 0. The van der Waals surface area contributed by atoms with Crippen LogP contribution in [-0.2, 0) is 0 Å². The van der Waals surface area contributed by atoms with Crippen molar-refractivity contribution in [3.63, 3.8) is 0 Å². The standard InChI is InChI=1S/C60H42N4/c1-4-17-47(18-5-1)59-61-62-60(64(59)54-38-34-44(35-39-54)50-33-28-43-16-10-11-19-49(43)42-50)48-31-29-45(30-32-48)55-24-12-14-26-57(55)58-27-15-13-25-56(58)46-36-40-53(41-37-46)63(51-20-6-2-7-21-51)52-22-8-3-9-23-52/h1-42H. The molecule has 302 valence electrons. The van der Waals surface area contributed by atoms with Crippen LogP contribution < -0.4 is 4.90 Å². The minimum Gasteiger partial charge on any atom is -0.311 e. The highest BCUT2D eigenvalue weighted by molar-refractivity contribution is 5.93. The zero-order chi connectivity index (χ0) is 42.7. The molecule has 0 spiro atoms. The van der Waals surface area contributed by atoms with Crippen molar-refractivity contribution in [3.8, 4) is 73.0 Å². The fraction of sp³-hybridized carbons (Fsp3) is 0. The summed E-state index contributed by atoms with van der Waals surface area (Å²) in [6, 6.07) is 90.3. The molecule has 0 aliphatic heterocycles. The van der Waals surface area contributed by atoms with E-state index in [2.05, 4.69) is 246 Å². The Kier molecular flexibility index (Phi) is 10.2. The minimum atomic E-state index is 0.782. The second-order valence-corrected chi connectivity index (χ2v) is 15.9. The summed E-state index contributed by atoms with van der Waals surface area (Å²) >= 11 is 0. The van der Waals surface area contributed by atoms with Gasteiger partial charge in [0.05, 0.1) is 0 Å². The molecule has 0 amide bonds. The van der Waals surface area contributed by atoms with Crippen LogP contribution in [0.25, 0.3) is 83.7 Å². The van der Waals surface area contributed by atoms with Gasteiger partial charge in [0, 0.05) is 33.9 Å². The summed E-state index contributed by atoms with van der Waals surface area (Å²) in [6.45, 7) is 0. The maximum Gasteiger partial charge on any atom is 0.168 e. The van der Waals surface area contributed by atoms with Gasteiger partial charge in [0.1, 0.15) is 0 Å². The van der Waals surface area contributed by atoms with Gasteiger partial charge in [0.2, 0.25) is 0 Å². The van der Waals surface area contributed by atoms with E-state index >= 15 is 0 Å². The Balaban J connectivity index is 0.926. The molecule has 0 atom stereocenters. The Labute approximate surface area is 373 Å². The van der Waals surface area contributed by atoms with E-state index in [0.717, 1.165) is 67.8 Å². The van der Waals surface area contributed by atoms with Gasteiger partial charge in [-0.1, -0.05) is 200 Å². The smallest absolute Gasteiger partial charge is 0.168 e. The van der Waals surface area contributed by atoms with E-state index in [-0.39, 0.29) is 0 Å². The van der Waals surface area contributed by atoms with Crippen LogP contribution in [0.15, 0.2) is 255 Å². The maximum absolute atomic E-state index is 4.83. The number of anilines is 3. The van der Waals surface area contributed by atoms with Crippen molar-refractivity contribution in [2.24, 2.45) is 0 Å². The van der Waals surface area contributed by atoms with Crippen LogP contribution in [0.5, 0.6) is 0 Å². The summed E-state index contributed by atoms with van der Waals surface area (Å²) in [6.07, 6.45) is 0. The zero-order valence-corrected chi connectivity index (χ0v) is 35.0. The molecule has 0 aliphatic rings. The molecule has 0 saturated carbocycles. The minimum absolute atomic E-state index is 0.782. The molecule has 0 fully saturated rings. The number of rotatable bonds is 10. The molecule has 0 unspecified atom stereocenters. The highest BCUT2D eigenvalue weighted by Gasteiger charge is 2.19. The van der Waals surface area contributed by atoms with Gasteiger partial charge in [0.25, 0.3) is 0 Å². The molecule has 0 N–H and O–H groups in total. The van der Waals surface area contributed by atoms with Gasteiger partial charge in [-0.15, -0.1) is 10.2 Å². The van der Waals surface area contributed by atoms with E-state index in [1.807, 2.05) is 18.2 Å². The third kappa shape index (κ3) is 7.44. The Bertz CT molecular complexity index is 3300. The molecule has 11 rings (SSSR count). The normalized spacial score (nSPS) is 11.1. The van der Waals surface area contributed by atoms with E-state index < -0.39 is 0 Å². The lowest BCUT2D eigenvalue weighted by Gasteiger charge is -2.25. The molecular weight excluding hydrogens is 777 g/mol. The molecule has 0 aliphatic carbocycles. The van der Waals surface area contributed by atoms with Crippen molar-refractivity contribution < 1.29 is 0 Å². The second kappa shape index (κ2) is 17.0. The van der Waals surface area contributed by atoms with Crippen molar-refractivity contribution in [2.45, 2.75) is 0 Å². The molecule has 4 nitrogen and oxygen atoms in total. The molecule has 4 heteroatoms. The number of hydrogen-bond acceptors (Lipinski definition) is 3. The van der Waals surface area contributed by atoms with Gasteiger partial charge < -0.3 is 4.90 Å². The van der Waals surface area contributed by atoms with Gasteiger partial charge in [-0.05, 0) is 110 Å². The third-order valence-electron chi connectivity index (χ3n) is 12.0. The molecular formula is C60H42N4. The van der Waals surface area contributed by atoms with Gasteiger partial charge in [-0.25, -0.2) is 0 Å². The average molecular weight is 819 g/mol. The number of hydrogen-bond donors (Lipinski definition) is 0. The molecule has 0 saturated heterocycles. The van der Waals surface area contributed by atoms with Crippen LogP contribution >= 0.6 is 0 Å². The first-order valence-electron chi connectivity index (χ1n) is 21.7. The largest absolute Gasteiger partial charge is 0.311 e. The van der Waals surface area contributed by atoms with E-state index in [4.69, 9.17) is 10.2 Å². The first-order valence-corrected chi connectivity index (χ1v) is 21.7. The van der Waals surface area contributed by atoms with E-state index in [1.165, 1.54) is 33.0 Å². The average Bonchev–Trinajstić information content (AvgIpc) is 3.83. The molecule has 11 aromatic rings. The van der Waals surface area contributed by atoms with Crippen molar-refractivity contribution >= 4 is 27.8 Å². The van der Waals surface area contributed by atoms with Gasteiger partial charge in [-0.2, -0.15) is 0 Å². The monoisotopic (exact) mass is 818 g/mol. The Morgan fingerprint density at radius 3 is 1.22 bits per heavy atom. The second-order valence-electron chi connectivity index (χ2n) is 15.9. The molecule has 10 aromatic carbocycles. The predicted octanol–water partition coefficient (Wildman–Crippen LogP) is 15.9. The first kappa shape index (κ1) is 38.3. The first-order chi connectivity index (χ1) is 31.7. The number of para-hydroxylation sites is 2. The summed E-state index contributed by atoms with van der Waals surface area (Å²) in [5, 5.41) is 12.1. The fourth-order valence-electron chi connectivity index (χ4n) is 8.79. The lowest BCUT2D eigenvalue weighted by atomic mass is 9.89. The molecule has 1 heterocycles. The van der Waals surface area contributed by atoms with Crippen LogP contribution in [0.4, 0.5) is 17.1 Å². The van der Waals surface area contributed by atoms with Gasteiger partial charge in [0.15, 0.2) is 11.6 Å². The summed E-state index contributed by atoms with van der Waals surface area (Å²) in [5.41, 5.74) is 15.6. The highest BCUT2D eigenvalue weighted by Crippen LogP contribution is 2.41. The van der Waals surface area contributed by atoms with Crippen molar-refractivity contribution in [1.29, 1.82) is 0 Å². The number of aromatic nitrogens is 3. The van der Waals surface area contributed by atoms with Crippen LogP contribution in [0.2, 0.25) is 0 Å². The Morgan fingerprint density at radius 1 is 0.266 bits per heavy atom. The number of nitrogens with zero attached hydrogens (tertiary/aromatic N) is 4. The van der Waals surface area contributed by atoms with Gasteiger partial charge in [-0.3, -0.25) is 4.57 Å². The highest BCUT2D eigenvalue weighted by atomic mass is 15.3. The van der Waals surface area contributed by atoms with E-state index in [0.29, 0.717) is 0 Å². The quantitative estimate of drug-likeness (QED) is 0.138. The van der Waals surface area contributed by atoms with E-state index in [9.17, 15) is 0 Å². The Hall–Kier alpha value is -8.60. The Morgan fingerprint density at radius 2 is 0.656 bits per heavy atom. The van der Waals surface area contributed by atoms with Crippen LogP contribution in [0, 0.1) is 0 Å². The summed E-state index contributed by atoms with van der Waals surface area (Å²) < 4.78 is 2.17. The zero-order valence-electron chi connectivity index (χ0n) is 35.0. The maximum atomic E-state index is 4.83. The molecule has 0 radical (unpaired) electrons. The van der Waals surface area contributed by atoms with Crippen molar-refractivity contribution in [3.05, 3.63) is 255 Å². The summed E-state index contributed by atoms with van der Waals surface area (Å²) in [5.74, 6) is 1.57. The predicted molar refractivity (Wildman–Crippen MR) is 266 cm³/mol. The topological polar surface area (TPSA) is 34.0 Å². The van der Waals surface area contributed by atoms with E-state index in [1.54, 1.807) is 0 Å². The lowest BCUT2D eigenvalue weighted by molar-refractivity contribution is 1.07.